The van der Waals surface area contributed by atoms with Crippen LogP contribution in [0.4, 0.5) is 10.5 Å². The van der Waals surface area contributed by atoms with Gasteiger partial charge in [0.1, 0.15) is 0 Å². The molecule has 1 radical (unpaired) electrons. The summed E-state index contributed by atoms with van der Waals surface area (Å²) in [6.45, 7) is 1.97. The van der Waals surface area contributed by atoms with Crippen LogP contribution in [0.25, 0.3) is 0 Å². The van der Waals surface area contributed by atoms with Crippen molar-refractivity contribution in [3.63, 3.8) is 0 Å². The fourth-order valence-electron chi connectivity index (χ4n) is 1.16. The quantitative estimate of drug-likeness (QED) is 0.824. The molecule has 4 nitrogen and oxygen atoms in total. The first-order valence-electron chi connectivity index (χ1n) is 4.87. The zero-order chi connectivity index (χ0) is 11.1. The Hall–Kier alpha value is -1.55. The van der Waals surface area contributed by atoms with Crippen molar-refractivity contribution < 1.29 is 14.6 Å². The largest absolute Gasteiger partial charge is 0.450 e. The summed E-state index contributed by atoms with van der Waals surface area (Å²) in [6, 6.07) is 7.14. The smallest absolute Gasteiger partial charge is 0.411 e. The van der Waals surface area contributed by atoms with Crippen molar-refractivity contribution in [2.45, 2.75) is 13.3 Å². The molecule has 0 aliphatic rings. The third-order valence-corrected chi connectivity index (χ3v) is 1.87. The van der Waals surface area contributed by atoms with Gasteiger partial charge in [-0.25, -0.2) is 9.90 Å². The monoisotopic (exact) mass is 208 g/mol. The fraction of sp³-hybridized carbons (Fsp3) is 0.364. The molecule has 15 heavy (non-hydrogen) atoms. The molecule has 0 spiro atoms. The van der Waals surface area contributed by atoms with Crippen LogP contribution in [0.1, 0.15) is 12.5 Å². The van der Waals surface area contributed by atoms with Crippen molar-refractivity contribution in [1.29, 1.82) is 0 Å². The van der Waals surface area contributed by atoms with E-state index in [1.165, 1.54) is 0 Å². The maximum absolute atomic E-state index is 11.0. The van der Waals surface area contributed by atoms with Gasteiger partial charge in [-0.1, -0.05) is 12.1 Å². The molecule has 0 aromatic heterocycles. The Morgan fingerprint density at radius 1 is 1.33 bits per heavy atom. The van der Waals surface area contributed by atoms with Gasteiger partial charge in [0.05, 0.1) is 13.2 Å². The first kappa shape index (κ1) is 11.5. The van der Waals surface area contributed by atoms with E-state index in [1.807, 2.05) is 12.1 Å². The van der Waals surface area contributed by atoms with Gasteiger partial charge < -0.3 is 4.74 Å². The zero-order valence-corrected chi connectivity index (χ0v) is 8.66. The molecule has 0 atom stereocenters. The molecule has 0 heterocycles. The molecular formula is C11H14NO3. The minimum absolute atomic E-state index is 0.120. The first-order chi connectivity index (χ1) is 7.26. The van der Waals surface area contributed by atoms with E-state index in [0.717, 1.165) is 5.56 Å². The highest BCUT2D eigenvalue weighted by atomic mass is 16.5. The third kappa shape index (κ3) is 3.99. The number of nitrogens with one attached hydrogen (secondary N) is 1. The molecule has 4 heteroatoms. The highest BCUT2D eigenvalue weighted by Crippen LogP contribution is 2.10. The Labute approximate surface area is 88.9 Å². The van der Waals surface area contributed by atoms with E-state index >= 15 is 0 Å². The van der Waals surface area contributed by atoms with Gasteiger partial charge in [-0.05, 0) is 31.0 Å². The van der Waals surface area contributed by atoms with Crippen molar-refractivity contribution >= 4 is 11.8 Å². The van der Waals surface area contributed by atoms with Crippen molar-refractivity contribution in [1.82, 2.24) is 0 Å². The molecule has 0 aliphatic carbocycles. The van der Waals surface area contributed by atoms with Gasteiger partial charge in [0.25, 0.3) is 0 Å². The molecule has 1 aromatic carbocycles. The Morgan fingerprint density at radius 2 is 2.00 bits per heavy atom. The molecule has 81 valence electrons. The molecule has 1 rings (SSSR count). The topological polar surface area (TPSA) is 58.2 Å². The number of hydrogen-bond donors (Lipinski definition) is 1. The molecule has 1 N–H and O–H groups in total. The molecule has 1 amide bonds. The summed E-state index contributed by atoms with van der Waals surface area (Å²) < 4.78 is 4.72. The lowest BCUT2D eigenvalue weighted by molar-refractivity contribution is 0.168. The van der Waals surface area contributed by atoms with Crippen LogP contribution in [0, 0.1) is 0 Å². The number of anilines is 1. The first-order valence-corrected chi connectivity index (χ1v) is 4.87. The van der Waals surface area contributed by atoms with E-state index in [0.29, 0.717) is 18.7 Å². The summed E-state index contributed by atoms with van der Waals surface area (Å²) in [5, 5.41) is 12.9. The van der Waals surface area contributed by atoms with E-state index in [-0.39, 0.29) is 6.61 Å². The van der Waals surface area contributed by atoms with Crippen LogP contribution < -0.4 is 5.32 Å². The number of rotatable bonds is 4. The van der Waals surface area contributed by atoms with Crippen LogP contribution in [0.2, 0.25) is 0 Å². The Kier molecular flexibility index (Phi) is 4.63. The number of carbonyl (C=O) groups excluding carboxylic acids is 1. The Bertz CT molecular complexity index is 308. The van der Waals surface area contributed by atoms with Crippen LogP contribution in [-0.4, -0.2) is 19.3 Å². The van der Waals surface area contributed by atoms with E-state index in [9.17, 15) is 9.90 Å². The van der Waals surface area contributed by atoms with E-state index in [1.54, 1.807) is 19.1 Å². The molecule has 0 saturated carbocycles. The third-order valence-electron chi connectivity index (χ3n) is 1.87. The summed E-state index contributed by atoms with van der Waals surface area (Å²) in [5.41, 5.74) is 1.64. The van der Waals surface area contributed by atoms with Gasteiger partial charge in [0.15, 0.2) is 0 Å². The molecule has 0 saturated heterocycles. The SMILES string of the molecule is CCOC(=O)Nc1ccc(CC[O])cc1. The average Bonchev–Trinajstić information content (AvgIpc) is 2.22. The highest BCUT2D eigenvalue weighted by molar-refractivity contribution is 5.84. The summed E-state index contributed by atoms with van der Waals surface area (Å²) in [6.07, 6.45) is 0.0498. The second kappa shape index (κ2) is 6.03. The van der Waals surface area contributed by atoms with Gasteiger partial charge in [-0.2, -0.15) is 0 Å². The zero-order valence-electron chi connectivity index (χ0n) is 8.66. The van der Waals surface area contributed by atoms with Crippen molar-refractivity contribution in [3.05, 3.63) is 29.8 Å². The molecule has 0 fully saturated rings. The Balaban J connectivity index is 2.52. The standard InChI is InChI=1S/C11H14NO3/c1-2-15-11(14)12-10-5-3-9(4-6-10)7-8-13/h3-6H,2,7-8H2,1H3,(H,12,14). The van der Waals surface area contributed by atoms with Crippen LogP contribution in [0.3, 0.4) is 0 Å². The molecule has 0 unspecified atom stereocenters. The van der Waals surface area contributed by atoms with Gasteiger partial charge in [0, 0.05) is 5.69 Å². The van der Waals surface area contributed by atoms with Crippen molar-refractivity contribution in [2.75, 3.05) is 18.5 Å². The summed E-state index contributed by atoms with van der Waals surface area (Å²) in [5.74, 6) is 0. The number of carbonyl (C=O) groups is 1. The summed E-state index contributed by atoms with van der Waals surface area (Å²) in [4.78, 5) is 11.0. The maximum atomic E-state index is 11.0. The van der Waals surface area contributed by atoms with Crippen LogP contribution in [0.5, 0.6) is 0 Å². The van der Waals surface area contributed by atoms with Crippen LogP contribution in [0.15, 0.2) is 24.3 Å². The number of hydrogen-bond acceptors (Lipinski definition) is 2. The van der Waals surface area contributed by atoms with Gasteiger partial charge in [-0.3, -0.25) is 5.32 Å². The van der Waals surface area contributed by atoms with E-state index in [4.69, 9.17) is 4.74 Å². The predicted molar refractivity (Wildman–Crippen MR) is 56.3 cm³/mol. The van der Waals surface area contributed by atoms with Gasteiger partial charge in [0.2, 0.25) is 0 Å². The summed E-state index contributed by atoms with van der Waals surface area (Å²) in [7, 11) is 0. The Morgan fingerprint density at radius 3 is 2.53 bits per heavy atom. The minimum Gasteiger partial charge on any atom is -0.450 e. The van der Waals surface area contributed by atoms with E-state index < -0.39 is 6.09 Å². The number of ether oxygens (including phenoxy) is 1. The lowest BCUT2D eigenvalue weighted by Gasteiger charge is -2.05. The second-order valence-corrected chi connectivity index (χ2v) is 3.00. The van der Waals surface area contributed by atoms with Crippen LogP contribution >= 0.6 is 0 Å². The maximum Gasteiger partial charge on any atom is 0.411 e. The minimum atomic E-state index is -0.464. The molecule has 0 aliphatic heterocycles. The molecule has 1 aromatic rings. The number of amides is 1. The lowest BCUT2D eigenvalue weighted by atomic mass is 10.1. The number of benzene rings is 1. The van der Waals surface area contributed by atoms with Crippen molar-refractivity contribution in [3.8, 4) is 0 Å². The van der Waals surface area contributed by atoms with Crippen LogP contribution in [-0.2, 0) is 16.3 Å². The van der Waals surface area contributed by atoms with Gasteiger partial charge >= 0.3 is 6.09 Å². The molecular weight excluding hydrogens is 194 g/mol. The average molecular weight is 208 g/mol. The van der Waals surface area contributed by atoms with E-state index in [2.05, 4.69) is 5.32 Å². The normalized spacial score (nSPS) is 9.73. The molecule has 0 bridgehead atoms. The summed E-state index contributed by atoms with van der Waals surface area (Å²) >= 11 is 0. The second-order valence-electron chi connectivity index (χ2n) is 3.00. The highest BCUT2D eigenvalue weighted by Gasteiger charge is 2.01. The lowest BCUT2D eigenvalue weighted by Crippen LogP contribution is -2.13. The fourth-order valence-corrected chi connectivity index (χ4v) is 1.16. The predicted octanol–water partition coefficient (Wildman–Crippen LogP) is 2.23. The van der Waals surface area contributed by atoms with Crippen molar-refractivity contribution in [2.24, 2.45) is 0 Å². The van der Waals surface area contributed by atoms with Gasteiger partial charge in [-0.15, -0.1) is 0 Å².